The molecule has 0 fully saturated rings. The van der Waals surface area contributed by atoms with Crippen molar-refractivity contribution in [3.63, 3.8) is 0 Å². The van der Waals surface area contributed by atoms with Gasteiger partial charge in [0.1, 0.15) is 17.3 Å². The molecule has 2 amide bonds. The Labute approximate surface area is 186 Å². The molecule has 0 saturated carbocycles. The van der Waals surface area contributed by atoms with E-state index >= 15 is 0 Å². The minimum absolute atomic E-state index is 0.0904. The van der Waals surface area contributed by atoms with Gasteiger partial charge in [-0.05, 0) is 29.8 Å². The fourth-order valence-corrected chi connectivity index (χ4v) is 4.06. The van der Waals surface area contributed by atoms with Crippen molar-refractivity contribution in [3.05, 3.63) is 53.8 Å². The number of amides is 2. The third-order valence-corrected chi connectivity index (χ3v) is 5.91. The summed E-state index contributed by atoms with van der Waals surface area (Å²) in [4.78, 5) is 24.4. The predicted octanol–water partition coefficient (Wildman–Crippen LogP) is 3.61. The van der Waals surface area contributed by atoms with Crippen LogP contribution in [0.1, 0.15) is 5.56 Å². The van der Waals surface area contributed by atoms with Gasteiger partial charge in [-0.1, -0.05) is 35.2 Å². The van der Waals surface area contributed by atoms with Crippen LogP contribution in [0, 0.1) is 5.82 Å². The van der Waals surface area contributed by atoms with Crippen LogP contribution >= 0.6 is 23.1 Å². The molecule has 1 aromatic heterocycles. The highest BCUT2D eigenvalue weighted by molar-refractivity contribution is 8.01. The Morgan fingerprint density at radius 2 is 1.81 bits per heavy atom. The highest BCUT2D eigenvalue weighted by Crippen LogP contribution is 2.30. The average molecular weight is 463 g/mol. The van der Waals surface area contributed by atoms with E-state index < -0.39 is 0 Å². The summed E-state index contributed by atoms with van der Waals surface area (Å²) in [6.07, 6.45) is 0.0904. The molecular weight excluding hydrogens is 443 g/mol. The number of hydrogen-bond acceptors (Lipinski definition) is 8. The monoisotopic (exact) mass is 462 g/mol. The van der Waals surface area contributed by atoms with Gasteiger partial charge in [0, 0.05) is 6.07 Å². The molecule has 3 rings (SSSR count). The summed E-state index contributed by atoms with van der Waals surface area (Å²) in [5.41, 5.74) is 1.18. The third-order valence-electron chi connectivity index (χ3n) is 3.94. The molecule has 0 saturated heterocycles. The number of benzene rings is 2. The first-order valence-electron chi connectivity index (χ1n) is 8.99. The maximum atomic E-state index is 12.9. The molecule has 11 heteroatoms. The van der Waals surface area contributed by atoms with Gasteiger partial charge in [0.25, 0.3) is 0 Å². The maximum Gasteiger partial charge on any atom is 0.234 e. The van der Waals surface area contributed by atoms with E-state index in [9.17, 15) is 14.0 Å². The van der Waals surface area contributed by atoms with Crippen LogP contribution in [-0.2, 0) is 16.0 Å². The number of aromatic nitrogens is 2. The van der Waals surface area contributed by atoms with E-state index in [2.05, 4.69) is 20.8 Å². The fourth-order valence-electron chi connectivity index (χ4n) is 2.50. The van der Waals surface area contributed by atoms with Gasteiger partial charge in [0.2, 0.25) is 16.9 Å². The summed E-state index contributed by atoms with van der Waals surface area (Å²) >= 11 is 2.35. The molecule has 0 bridgehead atoms. The Morgan fingerprint density at radius 3 is 2.52 bits per heavy atom. The Hall–Kier alpha value is -3.18. The molecule has 31 heavy (non-hydrogen) atoms. The highest BCUT2D eigenvalue weighted by Gasteiger charge is 2.13. The number of carbonyl (C=O) groups excluding carboxylic acids is 2. The van der Waals surface area contributed by atoms with Gasteiger partial charge < -0.3 is 20.1 Å². The van der Waals surface area contributed by atoms with Crippen LogP contribution in [-0.4, -0.2) is 42.0 Å². The van der Waals surface area contributed by atoms with Crippen LogP contribution < -0.4 is 20.1 Å². The predicted molar refractivity (Wildman–Crippen MR) is 118 cm³/mol. The number of hydrogen-bond donors (Lipinski definition) is 2. The van der Waals surface area contributed by atoms with Gasteiger partial charge in [-0.15, -0.1) is 10.2 Å². The SMILES string of the molecule is COc1ccc(OC)c(NC(=O)CSc2nnc(NC(=O)Cc3ccc(F)cc3)s2)c1. The summed E-state index contributed by atoms with van der Waals surface area (Å²) < 4.78 is 23.9. The second kappa shape index (κ2) is 10.7. The average Bonchev–Trinajstić information content (AvgIpc) is 3.21. The van der Waals surface area contributed by atoms with Gasteiger partial charge in [-0.25, -0.2) is 4.39 Å². The number of nitrogens with one attached hydrogen (secondary N) is 2. The first-order valence-corrected chi connectivity index (χ1v) is 10.8. The number of ether oxygens (including phenoxy) is 2. The molecule has 0 unspecified atom stereocenters. The number of anilines is 2. The van der Waals surface area contributed by atoms with Gasteiger partial charge in [-0.3, -0.25) is 9.59 Å². The van der Waals surface area contributed by atoms with Crippen LogP contribution in [0.3, 0.4) is 0 Å². The molecule has 162 valence electrons. The van der Waals surface area contributed by atoms with Gasteiger partial charge in [0.05, 0.1) is 32.1 Å². The maximum absolute atomic E-state index is 12.9. The molecule has 0 aliphatic carbocycles. The zero-order valence-corrected chi connectivity index (χ0v) is 18.3. The van der Waals surface area contributed by atoms with Crippen molar-refractivity contribution in [2.45, 2.75) is 10.8 Å². The number of rotatable bonds is 9. The third kappa shape index (κ3) is 6.66. The zero-order valence-electron chi connectivity index (χ0n) is 16.7. The van der Waals surface area contributed by atoms with Gasteiger partial charge in [-0.2, -0.15) is 0 Å². The molecule has 8 nitrogen and oxygen atoms in total. The van der Waals surface area contributed by atoms with Crippen molar-refractivity contribution >= 4 is 45.7 Å². The van der Waals surface area contributed by atoms with Crippen molar-refractivity contribution in [2.75, 3.05) is 30.6 Å². The smallest absolute Gasteiger partial charge is 0.234 e. The Bertz CT molecular complexity index is 1060. The van der Waals surface area contributed by atoms with Crippen molar-refractivity contribution < 1.29 is 23.5 Å². The lowest BCUT2D eigenvalue weighted by Crippen LogP contribution is -2.14. The number of nitrogens with zero attached hydrogens (tertiary/aromatic N) is 2. The Balaban J connectivity index is 1.50. The minimum atomic E-state index is -0.358. The molecule has 0 atom stereocenters. The molecule has 2 N–H and O–H groups in total. The molecule has 2 aromatic carbocycles. The van der Waals surface area contributed by atoms with Crippen LogP contribution in [0.2, 0.25) is 0 Å². The van der Waals surface area contributed by atoms with Crippen molar-refractivity contribution in [2.24, 2.45) is 0 Å². The quantitative estimate of drug-likeness (QED) is 0.370. The lowest BCUT2D eigenvalue weighted by atomic mass is 10.1. The van der Waals surface area contributed by atoms with Crippen LogP contribution in [0.15, 0.2) is 46.8 Å². The number of halogens is 1. The molecule has 0 spiro atoms. The van der Waals surface area contributed by atoms with E-state index in [0.29, 0.717) is 32.2 Å². The Kier molecular flexibility index (Phi) is 7.79. The Morgan fingerprint density at radius 1 is 1.03 bits per heavy atom. The van der Waals surface area contributed by atoms with Crippen LogP contribution in [0.5, 0.6) is 11.5 Å². The summed E-state index contributed by atoms with van der Waals surface area (Å²) in [6.45, 7) is 0. The molecule has 0 aliphatic heterocycles. The largest absolute Gasteiger partial charge is 0.497 e. The van der Waals surface area contributed by atoms with E-state index in [1.54, 1.807) is 30.3 Å². The summed E-state index contributed by atoms with van der Waals surface area (Å²) in [6, 6.07) is 10.8. The lowest BCUT2D eigenvalue weighted by molar-refractivity contribution is -0.115. The minimum Gasteiger partial charge on any atom is -0.497 e. The molecule has 0 radical (unpaired) electrons. The van der Waals surface area contributed by atoms with Crippen molar-refractivity contribution in [1.82, 2.24) is 10.2 Å². The highest BCUT2D eigenvalue weighted by atomic mass is 32.2. The second-order valence-electron chi connectivity index (χ2n) is 6.13. The standard InChI is InChI=1S/C20H19FN4O4S2/c1-28-14-7-8-16(29-2)15(10-14)22-18(27)11-30-20-25-24-19(31-20)23-17(26)9-12-3-5-13(21)6-4-12/h3-8,10H,9,11H2,1-2H3,(H,22,27)(H,23,24,26). The van der Waals surface area contributed by atoms with Crippen LogP contribution in [0.4, 0.5) is 15.2 Å². The molecular formula is C20H19FN4O4S2. The van der Waals surface area contributed by atoms with Gasteiger partial charge in [0.15, 0.2) is 4.34 Å². The van der Waals surface area contributed by atoms with E-state index in [0.717, 1.165) is 11.3 Å². The first kappa shape index (κ1) is 22.5. The van der Waals surface area contributed by atoms with E-state index in [1.807, 2.05) is 0 Å². The molecule has 0 aliphatic rings. The van der Waals surface area contributed by atoms with Crippen molar-refractivity contribution in [1.29, 1.82) is 0 Å². The van der Waals surface area contributed by atoms with Crippen LogP contribution in [0.25, 0.3) is 0 Å². The number of carbonyl (C=O) groups is 2. The van der Waals surface area contributed by atoms with E-state index in [1.165, 1.54) is 38.1 Å². The second-order valence-corrected chi connectivity index (χ2v) is 8.33. The normalized spacial score (nSPS) is 10.4. The van der Waals surface area contributed by atoms with Crippen molar-refractivity contribution in [3.8, 4) is 11.5 Å². The summed E-state index contributed by atoms with van der Waals surface area (Å²) in [5, 5.41) is 13.6. The lowest BCUT2D eigenvalue weighted by Gasteiger charge is -2.11. The summed E-state index contributed by atoms with van der Waals surface area (Å²) in [5.74, 6) is 0.299. The van der Waals surface area contributed by atoms with E-state index in [-0.39, 0.29) is 29.8 Å². The first-order chi connectivity index (χ1) is 15.0. The topological polar surface area (TPSA) is 102 Å². The van der Waals surface area contributed by atoms with E-state index in [4.69, 9.17) is 9.47 Å². The van der Waals surface area contributed by atoms with Gasteiger partial charge >= 0.3 is 0 Å². The molecule has 1 heterocycles. The zero-order chi connectivity index (χ0) is 22.2. The fraction of sp³-hybridized carbons (Fsp3) is 0.200. The number of methoxy groups -OCH3 is 2. The summed E-state index contributed by atoms with van der Waals surface area (Å²) in [7, 11) is 3.05. The number of thioether (sulfide) groups is 1. The molecule has 3 aromatic rings.